The van der Waals surface area contributed by atoms with Gasteiger partial charge in [-0.15, -0.1) is 0 Å². The predicted molar refractivity (Wildman–Crippen MR) is 77.5 cm³/mol. The molecule has 0 saturated carbocycles. The van der Waals surface area contributed by atoms with Crippen LogP contribution < -0.4 is 20.5 Å². The van der Waals surface area contributed by atoms with E-state index in [2.05, 4.69) is 10.1 Å². The van der Waals surface area contributed by atoms with Gasteiger partial charge >= 0.3 is 12.2 Å². The molecule has 2 amide bonds. The smallest absolute Gasteiger partial charge is 0.411 e. The van der Waals surface area contributed by atoms with E-state index in [1.54, 1.807) is 12.1 Å². The third-order valence-electron chi connectivity index (χ3n) is 2.55. The molecule has 0 aromatic heterocycles. The van der Waals surface area contributed by atoms with E-state index in [0.717, 1.165) is 5.56 Å². The van der Waals surface area contributed by atoms with Gasteiger partial charge in [-0.05, 0) is 43.3 Å². The number of hydrogen-bond donors (Lipinski definition) is 2. The summed E-state index contributed by atoms with van der Waals surface area (Å²) in [6, 6.07) is 13.2. The fourth-order valence-corrected chi connectivity index (χ4v) is 1.58. The van der Waals surface area contributed by atoms with Gasteiger partial charge in [0.1, 0.15) is 11.5 Å². The van der Waals surface area contributed by atoms with Gasteiger partial charge in [-0.1, -0.05) is 17.7 Å². The van der Waals surface area contributed by atoms with Crippen LogP contribution in [0.3, 0.4) is 0 Å². The lowest BCUT2D eigenvalue weighted by Crippen LogP contribution is -2.17. The molecule has 0 saturated heterocycles. The van der Waals surface area contributed by atoms with E-state index in [0.29, 0.717) is 11.4 Å². The van der Waals surface area contributed by atoms with Crippen molar-refractivity contribution < 1.29 is 19.1 Å². The summed E-state index contributed by atoms with van der Waals surface area (Å²) in [6.45, 7) is 1.96. The summed E-state index contributed by atoms with van der Waals surface area (Å²) in [7, 11) is 0. The Balaban J connectivity index is 1.93. The number of primary amides is 1. The quantitative estimate of drug-likeness (QED) is 0.907. The van der Waals surface area contributed by atoms with Crippen LogP contribution in [0, 0.1) is 6.92 Å². The van der Waals surface area contributed by atoms with Crippen LogP contribution in [0.5, 0.6) is 11.5 Å². The Morgan fingerprint density at radius 3 is 1.95 bits per heavy atom. The molecule has 0 atom stereocenters. The van der Waals surface area contributed by atoms with Gasteiger partial charge in [0.25, 0.3) is 0 Å². The molecular formula is C15H14N2O4. The molecule has 6 nitrogen and oxygen atoms in total. The van der Waals surface area contributed by atoms with Crippen molar-refractivity contribution >= 4 is 17.9 Å². The second kappa shape index (κ2) is 6.42. The Hall–Kier alpha value is -3.02. The molecule has 0 aliphatic carbocycles. The van der Waals surface area contributed by atoms with E-state index >= 15 is 0 Å². The van der Waals surface area contributed by atoms with Crippen molar-refractivity contribution in [1.29, 1.82) is 0 Å². The number of nitrogens with one attached hydrogen (secondary N) is 1. The number of anilines is 1. The molecule has 21 heavy (non-hydrogen) atoms. The molecule has 0 bridgehead atoms. The fourth-order valence-electron chi connectivity index (χ4n) is 1.58. The summed E-state index contributed by atoms with van der Waals surface area (Å²) in [5.41, 5.74) is 6.62. The Labute approximate surface area is 121 Å². The van der Waals surface area contributed by atoms with Gasteiger partial charge in [-0.25, -0.2) is 9.59 Å². The van der Waals surface area contributed by atoms with Gasteiger partial charge in [-0.2, -0.15) is 0 Å². The normalized spacial score (nSPS) is 9.76. The molecule has 3 N–H and O–H groups in total. The largest absolute Gasteiger partial charge is 0.417 e. The number of benzene rings is 2. The molecule has 6 heteroatoms. The van der Waals surface area contributed by atoms with Crippen LogP contribution in [0.15, 0.2) is 48.5 Å². The van der Waals surface area contributed by atoms with Crippen molar-refractivity contribution in [3.05, 3.63) is 54.1 Å². The highest BCUT2D eigenvalue weighted by Gasteiger charge is 2.06. The van der Waals surface area contributed by atoms with Gasteiger partial charge in [0.15, 0.2) is 0 Å². The molecule has 0 aliphatic heterocycles. The highest BCUT2D eigenvalue weighted by atomic mass is 16.6. The van der Waals surface area contributed by atoms with Crippen molar-refractivity contribution in [3.8, 4) is 11.5 Å². The van der Waals surface area contributed by atoms with Crippen LogP contribution in [0.1, 0.15) is 5.56 Å². The van der Waals surface area contributed by atoms with Crippen molar-refractivity contribution in [2.24, 2.45) is 5.73 Å². The molecule has 0 spiro atoms. The number of carbonyl (C=O) groups excluding carboxylic acids is 2. The summed E-state index contributed by atoms with van der Waals surface area (Å²) >= 11 is 0. The molecule has 0 fully saturated rings. The standard InChI is InChI=1S/C15H14N2O4/c1-10-2-4-11(5-3-10)17-15(19)21-13-8-6-12(7-9-13)20-14(16)18/h2-9H,1H3,(H2,16,18)(H,17,19). The number of amides is 2. The fraction of sp³-hybridized carbons (Fsp3) is 0.0667. The molecule has 0 heterocycles. The second-order valence-electron chi connectivity index (χ2n) is 4.27. The van der Waals surface area contributed by atoms with Crippen molar-refractivity contribution in [3.63, 3.8) is 0 Å². The first-order valence-corrected chi connectivity index (χ1v) is 6.16. The van der Waals surface area contributed by atoms with Crippen molar-refractivity contribution in [1.82, 2.24) is 0 Å². The summed E-state index contributed by atoms with van der Waals surface area (Å²) in [5, 5.41) is 2.60. The predicted octanol–water partition coefficient (Wildman–Crippen LogP) is 3.06. The SMILES string of the molecule is Cc1ccc(NC(=O)Oc2ccc(OC(N)=O)cc2)cc1. The minimum Gasteiger partial charge on any atom is -0.411 e. The minimum atomic E-state index is -0.902. The average Bonchev–Trinajstić information content (AvgIpc) is 2.43. The molecule has 0 radical (unpaired) electrons. The van der Waals surface area contributed by atoms with Gasteiger partial charge in [-0.3, -0.25) is 5.32 Å². The Morgan fingerprint density at radius 1 is 0.905 bits per heavy atom. The van der Waals surface area contributed by atoms with E-state index in [4.69, 9.17) is 10.5 Å². The lowest BCUT2D eigenvalue weighted by Gasteiger charge is -2.07. The number of carbonyl (C=O) groups is 2. The third-order valence-corrected chi connectivity index (χ3v) is 2.55. The van der Waals surface area contributed by atoms with Gasteiger partial charge in [0.2, 0.25) is 0 Å². The Morgan fingerprint density at radius 2 is 1.43 bits per heavy atom. The van der Waals surface area contributed by atoms with Gasteiger partial charge in [0, 0.05) is 5.69 Å². The number of nitrogens with two attached hydrogens (primary N) is 1. The van der Waals surface area contributed by atoms with Crippen LogP contribution in [0.25, 0.3) is 0 Å². The van der Waals surface area contributed by atoms with Crippen LogP contribution >= 0.6 is 0 Å². The van der Waals surface area contributed by atoms with Crippen LogP contribution in [-0.4, -0.2) is 12.2 Å². The maximum Gasteiger partial charge on any atom is 0.417 e. The van der Waals surface area contributed by atoms with Crippen LogP contribution in [-0.2, 0) is 0 Å². The molecule has 108 valence electrons. The second-order valence-corrected chi connectivity index (χ2v) is 4.27. The summed E-state index contributed by atoms with van der Waals surface area (Å²) < 4.78 is 9.75. The molecule has 0 aliphatic rings. The van der Waals surface area contributed by atoms with E-state index in [-0.39, 0.29) is 5.75 Å². The van der Waals surface area contributed by atoms with Gasteiger partial charge < -0.3 is 15.2 Å². The molecule has 2 aromatic rings. The first-order chi connectivity index (χ1) is 10.0. The maximum absolute atomic E-state index is 11.7. The van der Waals surface area contributed by atoms with E-state index in [9.17, 15) is 9.59 Å². The topological polar surface area (TPSA) is 90.7 Å². The van der Waals surface area contributed by atoms with E-state index in [1.807, 2.05) is 19.1 Å². The zero-order valence-corrected chi connectivity index (χ0v) is 11.3. The molecule has 2 rings (SSSR count). The highest BCUT2D eigenvalue weighted by molar-refractivity contribution is 5.86. The van der Waals surface area contributed by atoms with Crippen LogP contribution in [0.4, 0.5) is 15.3 Å². The number of ether oxygens (including phenoxy) is 2. The lowest BCUT2D eigenvalue weighted by molar-refractivity contribution is 0.209. The van der Waals surface area contributed by atoms with E-state index in [1.165, 1.54) is 24.3 Å². The van der Waals surface area contributed by atoms with Crippen molar-refractivity contribution in [2.45, 2.75) is 6.92 Å². The first-order valence-electron chi connectivity index (χ1n) is 6.16. The number of hydrogen-bond acceptors (Lipinski definition) is 4. The summed E-state index contributed by atoms with van der Waals surface area (Å²) in [5.74, 6) is 0.588. The van der Waals surface area contributed by atoms with E-state index < -0.39 is 12.2 Å². The highest BCUT2D eigenvalue weighted by Crippen LogP contribution is 2.18. The third kappa shape index (κ3) is 4.54. The van der Waals surface area contributed by atoms with Crippen LogP contribution in [0.2, 0.25) is 0 Å². The molecule has 0 unspecified atom stereocenters. The Bertz CT molecular complexity index is 636. The minimum absolute atomic E-state index is 0.272. The molecule has 2 aromatic carbocycles. The zero-order valence-electron chi connectivity index (χ0n) is 11.3. The summed E-state index contributed by atoms with van der Waals surface area (Å²) in [6.07, 6.45) is -1.51. The number of aryl methyl sites for hydroxylation is 1. The molecular weight excluding hydrogens is 272 g/mol. The maximum atomic E-state index is 11.7. The monoisotopic (exact) mass is 286 g/mol. The Kier molecular flexibility index (Phi) is 4.40. The summed E-state index contributed by atoms with van der Waals surface area (Å²) in [4.78, 5) is 22.3. The average molecular weight is 286 g/mol. The number of rotatable bonds is 3. The van der Waals surface area contributed by atoms with Crippen molar-refractivity contribution in [2.75, 3.05) is 5.32 Å². The van der Waals surface area contributed by atoms with Gasteiger partial charge in [0.05, 0.1) is 0 Å². The zero-order chi connectivity index (χ0) is 15.2. The lowest BCUT2D eigenvalue weighted by atomic mass is 10.2. The first kappa shape index (κ1) is 14.4.